The maximum absolute atomic E-state index is 6.47. The molecule has 0 saturated carbocycles. The van der Waals surface area contributed by atoms with E-state index in [0.717, 1.165) is 35.1 Å². The smallest absolute Gasteiger partial charge is 0.0660 e. The number of nitrogens with zero attached hydrogens (tertiary/aromatic N) is 1. The minimum Gasteiger partial charge on any atom is -0.381 e. The Bertz CT molecular complexity index is 662. The predicted octanol–water partition coefficient (Wildman–Crippen LogP) is 6.25. The second kappa shape index (κ2) is 7.65. The molecule has 0 amide bonds. The summed E-state index contributed by atoms with van der Waals surface area (Å²) in [6, 6.07) is 11.6. The first-order valence-corrected chi connectivity index (χ1v) is 9.00. The van der Waals surface area contributed by atoms with Gasteiger partial charge in [0.1, 0.15) is 0 Å². The number of piperidine rings is 1. The molecule has 1 heterocycles. The van der Waals surface area contributed by atoms with Crippen LogP contribution in [0.2, 0.25) is 15.1 Å². The summed E-state index contributed by atoms with van der Waals surface area (Å²) in [7, 11) is 0. The van der Waals surface area contributed by atoms with Gasteiger partial charge in [-0.1, -0.05) is 40.9 Å². The van der Waals surface area contributed by atoms with Crippen LogP contribution in [0.15, 0.2) is 36.4 Å². The van der Waals surface area contributed by atoms with E-state index in [1.54, 1.807) is 0 Å². The molecule has 23 heavy (non-hydrogen) atoms. The van der Waals surface area contributed by atoms with Gasteiger partial charge in [-0.25, -0.2) is 0 Å². The van der Waals surface area contributed by atoms with Crippen LogP contribution in [0.5, 0.6) is 0 Å². The Morgan fingerprint density at radius 2 is 1.57 bits per heavy atom. The number of hydrogen-bond acceptors (Lipinski definition) is 2. The van der Waals surface area contributed by atoms with Crippen molar-refractivity contribution in [1.29, 1.82) is 0 Å². The number of rotatable bonds is 4. The summed E-state index contributed by atoms with van der Waals surface area (Å²) in [6.45, 7) is 2.74. The molecule has 0 aliphatic carbocycles. The van der Waals surface area contributed by atoms with Crippen LogP contribution in [0.3, 0.4) is 0 Å². The highest BCUT2D eigenvalue weighted by molar-refractivity contribution is 6.36. The van der Waals surface area contributed by atoms with Gasteiger partial charge in [0, 0.05) is 40.9 Å². The summed E-state index contributed by atoms with van der Waals surface area (Å²) in [4.78, 5) is 2.36. The topological polar surface area (TPSA) is 15.3 Å². The molecule has 2 aromatic carbocycles. The van der Waals surface area contributed by atoms with E-state index in [1.165, 1.54) is 19.3 Å². The molecule has 1 saturated heterocycles. The van der Waals surface area contributed by atoms with Gasteiger partial charge < -0.3 is 10.2 Å². The first kappa shape index (κ1) is 16.8. The third kappa shape index (κ3) is 4.06. The minimum atomic E-state index is 0.567. The summed E-state index contributed by atoms with van der Waals surface area (Å²) < 4.78 is 0. The highest BCUT2D eigenvalue weighted by atomic mass is 35.5. The molecule has 1 fully saturated rings. The van der Waals surface area contributed by atoms with Crippen molar-refractivity contribution in [3.05, 3.63) is 57.0 Å². The van der Waals surface area contributed by atoms with Crippen molar-refractivity contribution in [2.24, 2.45) is 0 Å². The molecule has 1 aliphatic rings. The zero-order chi connectivity index (χ0) is 16.2. The van der Waals surface area contributed by atoms with Gasteiger partial charge in [0.05, 0.1) is 10.7 Å². The summed E-state index contributed by atoms with van der Waals surface area (Å²) in [6.07, 6.45) is 3.79. The van der Waals surface area contributed by atoms with Crippen LogP contribution in [0.4, 0.5) is 11.4 Å². The highest BCUT2D eigenvalue weighted by Gasteiger charge is 2.14. The molecule has 3 rings (SSSR count). The van der Waals surface area contributed by atoms with Crippen molar-refractivity contribution in [2.75, 3.05) is 23.3 Å². The van der Waals surface area contributed by atoms with Crippen LogP contribution in [0, 0.1) is 0 Å². The Kier molecular flexibility index (Phi) is 5.58. The number of nitrogens with one attached hydrogen (secondary N) is 1. The molecule has 2 aromatic rings. The Hall–Kier alpha value is -1.09. The third-order valence-electron chi connectivity index (χ3n) is 4.18. The summed E-state index contributed by atoms with van der Waals surface area (Å²) in [5.74, 6) is 0. The third-order valence-corrected chi connectivity index (χ3v) is 5.19. The highest BCUT2D eigenvalue weighted by Crippen LogP contribution is 2.31. The first-order valence-electron chi connectivity index (χ1n) is 7.86. The molecular weight excluding hydrogens is 351 g/mol. The SMILES string of the molecule is Clc1cc(NCc2c(Cl)cccc2Cl)ccc1N1CCCCC1. The maximum Gasteiger partial charge on any atom is 0.0660 e. The molecule has 0 radical (unpaired) electrons. The first-order chi connectivity index (χ1) is 11.1. The van der Waals surface area contributed by atoms with Crippen LogP contribution in [-0.2, 0) is 6.54 Å². The van der Waals surface area contributed by atoms with Crippen molar-refractivity contribution >= 4 is 46.2 Å². The van der Waals surface area contributed by atoms with Crippen molar-refractivity contribution in [3.8, 4) is 0 Å². The zero-order valence-corrected chi connectivity index (χ0v) is 15.1. The second-order valence-electron chi connectivity index (χ2n) is 5.77. The normalized spacial score (nSPS) is 14.8. The van der Waals surface area contributed by atoms with Gasteiger partial charge in [0.2, 0.25) is 0 Å². The van der Waals surface area contributed by atoms with Crippen molar-refractivity contribution in [1.82, 2.24) is 0 Å². The van der Waals surface area contributed by atoms with Gasteiger partial charge in [0.25, 0.3) is 0 Å². The van der Waals surface area contributed by atoms with Crippen molar-refractivity contribution in [3.63, 3.8) is 0 Å². The predicted molar refractivity (Wildman–Crippen MR) is 101 cm³/mol. The molecule has 0 bridgehead atoms. The fourth-order valence-electron chi connectivity index (χ4n) is 2.90. The van der Waals surface area contributed by atoms with Gasteiger partial charge in [-0.15, -0.1) is 0 Å². The van der Waals surface area contributed by atoms with Crippen LogP contribution in [0.25, 0.3) is 0 Å². The Labute approximate surface area is 152 Å². The monoisotopic (exact) mass is 368 g/mol. The van der Waals surface area contributed by atoms with Gasteiger partial charge in [-0.2, -0.15) is 0 Å². The fourth-order valence-corrected chi connectivity index (χ4v) is 3.73. The number of hydrogen-bond donors (Lipinski definition) is 1. The largest absolute Gasteiger partial charge is 0.381 e. The number of benzene rings is 2. The Morgan fingerprint density at radius 3 is 2.22 bits per heavy atom. The molecule has 1 aliphatic heterocycles. The molecule has 0 atom stereocenters. The number of anilines is 2. The van der Waals surface area contributed by atoms with Gasteiger partial charge in [0.15, 0.2) is 0 Å². The molecule has 0 aromatic heterocycles. The lowest BCUT2D eigenvalue weighted by Crippen LogP contribution is -2.29. The fraction of sp³-hybridized carbons (Fsp3) is 0.333. The van der Waals surface area contributed by atoms with E-state index in [9.17, 15) is 0 Å². The number of halogens is 3. The van der Waals surface area contributed by atoms with E-state index in [2.05, 4.69) is 22.3 Å². The Balaban J connectivity index is 1.70. The van der Waals surface area contributed by atoms with E-state index in [4.69, 9.17) is 34.8 Å². The van der Waals surface area contributed by atoms with Gasteiger partial charge in [-0.3, -0.25) is 0 Å². The lowest BCUT2D eigenvalue weighted by molar-refractivity contribution is 0.578. The summed E-state index contributed by atoms with van der Waals surface area (Å²) in [5.41, 5.74) is 2.98. The Morgan fingerprint density at radius 1 is 0.870 bits per heavy atom. The zero-order valence-electron chi connectivity index (χ0n) is 12.8. The average molecular weight is 370 g/mol. The molecule has 0 spiro atoms. The maximum atomic E-state index is 6.47. The minimum absolute atomic E-state index is 0.567. The van der Waals surface area contributed by atoms with Crippen LogP contribution in [-0.4, -0.2) is 13.1 Å². The van der Waals surface area contributed by atoms with Crippen LogP contribution >= 0.6 is 34.8 Å². The molecule has 0 unspecified atom stereocenters. The molecule has 1 N–H and O–H groups in total. The molecular formula is C18H19Cl3N2. The standard InChI is InChI=1S/C18H19Cl3N2/c19-15-5-4-6-16(20)14(15)12-22-13-7-8-18(17(21)11-13)23-9-2-1-3-10-23/h4-8,11,22H,1-3,9-10,12H2. The quantitative estimate of drug-likeness (QED) is 0.685. The van der Waals surface area contributed by atoms with E-state index in [-0.39, 0.29) is 0 Å². The van der Waals surface area contributed by atoms with Crippen molar-refractivity contribution < 1.29 is 0 Å². The molecule has 5 heteroatoms. The molecule has 122 valence electrons. The van der Waals surface area contributed by atoms with Crippen LogP contribution in [0.1, 0.15) is 24.8 Å². The van der Waals surface area contributed by atoms with E-state index in [0.29, 0.717) is 16.6 Å². The summed E-state index contributed by atoms with van der Waals surface area (Å²) in [5, 5.41) is 5.46. The lowest BCUT2D eigenvalue weighted by atomic mass is 10.1. The average Bonchev–Trinajstić information content (AvgIpc) is 2.55. The summed E-state index contributed by atoms with van der Waals surface area (Å²) >= 11 is 18.9. The van der Waals surface area contributed by atoms with Crippen LogP contribution < -0.4 is 10.2 Å². The molecule has 2 nitrogen and oxygen atoms in total. The lowest BCUT2D eigenvalue weighted by Gasteiger charge is -2.29. The van der Waals surface area contributed by atoms with Gasteiger partial charge in [-0.05, 0) is 49.6 Å². The van der Waals surface area contributed by atoms with E-state index < -0.39 is 0 Å². The van der Waals surface area contributed by atoms with Crippen molar-refractivity contribution in [2.45, 2.75) is 25.8 Å². The van der Waals surface area contributed by atoms with E-state index in [1.807, 2.05) is 24.3 Å². The van der Waals surface area contributed by atoms with E-state index >= 15 is 0 Å². The second-order valence-corrected chi connectivity index (χ2v) is 6.99. The van der Waals surface area contributed by atoms with Gasteiger partial charge >= 0.3 is 0 Å².